The van der Waals surface area contributed by atoms with Gasteiger partial charge in [-0.25, -0.2) is 4.79 Å². The van der Waals surface area contributed by atoms with Crippen LogP contribution in [0.25, 0.3) is 0 Å². The minimum absolute atomic E-state index is 0.163. The van der Waals surface area contributed by atoms with Crippen molar-refractivity contribution in [2.45, 2.75) is 26.8 Å². The molecule has 0 bridgehead atoms. The van der Waals surface area contributed by atoms with Crippen molar-refractivity contribution in [2.24, 2.45) is 0 Å². The molecule has 1 rings (SSSR count). The lowest BCUT2D eigenvalue weighted by Gasteiger charge is -2.08. The van der Waals surface area contributed by atoms with E-state index in [-0.39, 0.29) is 5.56 Å². The lowest BCUT2D eigenvalue weighted by molar-refractivity contribution is 0.0694. The highest BCUT2D eigenvalue weighted by Gasteiger charge is 2.11. The van der Waals surface area contributed by atoms with E-state index >= 15 is 0 Å². The first-order chi connectivity index (χ1) is 6.57. The van der Waals surface area contributed by atoms with Gasteiger partial charge in [-0.15, -0.1) is 0 Å². The summed E-state index contributed by atoms with van der Waals surface area (Å²) in [5.74, 6) is -1.17. The van der Waals surface area contributed by atoms with E-state index in [1.807, 2.05) is 6.92 Å². The molecular weight excluding hydrogens is 182 g/mol. The number of aryl methyl sites for hydroxylation is 1. The zero-order chi connectivity index (χ0) is 10.7. The van der Waals surface area contributed by atoms with Crippen LogP contribution >= 0.6 is 0 Å². The first-order valence-electron chi connectivity index (χ1n) is 4.51. The van der Waals surface area contributed by atoms with Gasteiger partial charge in [0.25, 0.3) is 5.56 Å². The van der Waals surface area contributed by atoms with Crippen molar-refractivity contribution in [3.8, 4) is 0 Å². The number of carbonyl (C=O) groups is 1. The Hall–Kier alpha value is -1.58. The van der Waals surface area contributed by atoms with E-state index in [1.165, 1.54) is 10.6 Å². The molecule has 14 heavy (non-hydrogen) atoms. The molecule has 0 atom stereocenters. The molecule has 0 aliphatic heterocycles. The lowest BCUT2D eigenvalue weighted by atomic mass is 10.2. The molecule has 0 spiro atoms. The van der Waals surface area contributed by atoms with Crippen molar-refractivity contribution < 1.29 is 9.90 Å². The topological polar surface area (TPSA) is 59.3 Å². The lowest BCUT2D eigenvalue weighted by Crippen LogP contribution is -2.27. The van der Waals surface area contributed by atoms with Crippen LogP contribution in [-0.2, 0) is 6.54 Å². The average molecular weight is 195 g/mol. The summed E-state index contributed by atoms with van der Waals surface area (Å²) in [5, 5.41) is 8.74. The third kappa shape index (κ3) is 1.84. The molecule has 0 fully saturated rings. The monoisotopic (exact) mass is 195 g/mol. The maximum absolute atomic E-state index is 11.6. The molecule has 0 unspecified atom stereocenters. The van der Waals surface area contributed by atoms with Crippen molar-refractivity contribution in [1.29, 1.82) is 0 Å². The third-order valence-electron chi connectivity index (χ3n) is 2.07. The largest absolute Gasteiger partial charge is 0.477 e. The Balaban J connectivity index is 3.34. The van der Waals surface area contributed by atoms with Crippen LogP contribution in [0, 0.1) is 6.92 Å². The summed E-state index contributed by atoms with van der Waals surface area (Å²) >= 11 is 0. The Labute approximate surface area is 81.8 Å². The van der Waals surface area contributed by atoms with Crippen LogP contribution in [0.3, 0.4) is 0 Å². The van der Waals surface area contributed by atoms with Crippen LogP contribution < -0.4 is 5.56 Å². The second-order valence-corrected chi connectivity index (χ2v) is 3.15. The van der Waals surface area contributed by atoms with Crippen molar-refractivity contribution in [2.75, 3.05) is 0 Å². The minimum atomic E-state index is -1.17. The Kier molecular flexibility index (Phi) is 3.06. The second-order valence-electron chi connectivity index (χ2n) is 3.15. The molecule has 1 aromatic rings. The SMILES string of the molecule is CCCn1c(C)ccc(C(=O)O)c1=O. The number of rotatable bonds is 3. The zero-order valence-corrected chi connectivity index (χ0v) is 8.28. The number of nitrogens with zero attached hydrogens (tertiary/aromatic N) is 1. The molecule has 0 saturated carbocycles. The number of carboxylic acid groups (broad SMARTS) is 1. The molecule has 4 heteroatoms. The predicted octanol–water partition coefficient (Wildman–Crippen LogP) is 1.26. The van der Waals surface area contributed by atoms with E-state index in [4.69, 9.17) is 5.11 Å². The van der Waals surface area contributed by atoms with E-state index in [9.17, 15) is 9.59 Å². The van der Waals surface area contributed by atoms with Gasteiger partial charge in [0, 0.05) is 12.2 Å². The predicted molar refractivity (Wildman–Crippen MR) is 52.7 cm³/mol. The van der Waals surface area contributed by atoms with Gasteiger partial charge in [-0.2, -0.15) is 0 Å². The molecular formula is C10H13NO3. The molecule has 0 saturated heterocycles. The van der Waals surface area contributed by atoms with Gasteiger partial charge in [0.05, 0.1) is 0 Å². The third-order valence-corrected chi connectivity index (χ3v) is 2.07. The molecule has 1 aromatic heterocycles. The minimum Gasteiger partial charge on any atom is -0.477 e. The average Bonchev–Trinajstić information content (AvgIpc) is 2.11. The van der Waals surface area contributed by atoms with Crippen LogP contribution in [0.15, 0.2) is 16.9 Å². The summed E-state index contributed by atoms with van der Waals surface area (Å²) in [6.07, 6.45) is 0.809. The first-order valence-corrected chi connectivity index (χ1v) is 4.51. The van der Waals surface area contributed by atoms with E-state index in [0.29, 0.717) is 6.54 Å². The quantitative estimate of drug-likeness (QED) is 0.790. The Morgan fingerprint density at radius 2 is 2.14 bits per heavy atom. The van der Waals surface area contributed by atoms with Gasteiger partial charge >= 0.3 is 5.97 Å². The normalized spacial score (nSPS) is 10.1. The van der Waals surface area contributed by atoms with Crippen molar-refractivity contribution in [3.63, 3.8) is 0 Å². The molecule has 0 amide bonds. The molecule has 76 valence electrons. The maximum Gasteiger partial charge on any atom is 0.341 e. The molecule has 0 aliphatic rings. The highest BCUT2D eigenvalue weighted by molar-refractivity contribution is 5.87. The molecule has 0 aromatic carbocycles. The molecule has 1 heterocycles. The summed E-state index contributed by atoms with van der Waals surface area (Å²) in [4.78, 5) is 22.3. The summed E-state index contributed by atoms with van der Waals surface area (Å²) in [6, 6.07) is 3.01. The number of hydrogen-bond donors (Lipinski definition) is 1. The number of hydrogen-bond acceptors (Lipinski definition) is 2. The second kappa shape index (κ2) is 4.09. The van der Waals surface area contributed by atoms with E-state index in [0.717, 1.165) is 12.1 Å². The van der Waals surface area contributed by atoms with Gasteiger partial charge in [0.1, 0.15) is 5.56 Å². The van der Waals surface area contributed by atoms with Crippen LogP contribution in [0.2, 0.25) is 0 Å². The smallest absolute Gasteiger partial charge is 0.341 e. The Morgan fingerprint density at radius 3 is 2.64 bits per heavy atom. The fraction of sp³-hybridized carbons (Fsp3) is 0.400. The standard InChI is InChI=1S/C10H13NO3/c1-3-6-11-7(2)4-5-8(9(11)12)10(13)14/h4-5H,3,6H2,1-2H3,(H,13,14). The number of aromatic carboxylic acids is 1. The number of pyridine rings is 1. The molecule has 1 N–H and O–H groups in total. The highest BCUT2D eigenvalue weighted by atomic mass is 16.4. The molecule has 0 radical (unpaired) electrons. The van der Waals surface area contributed by atoms with Crippen LogP contribution in [0.5, 0.6) is 0 Å². The number of carboxylic acids is 1. The van der Waals surface area contributed by atoms with Crippen LogP contribution in [0.4, 0.5) is 0 Å². The highest BCUT2D eigenvalue weighted by Crippen LogP contribution is 1.99. The zero-order valence-electron chi connectivity index (χ0n) is 8.28. The van der Waals surface area contributed by atoms with Gasteiger partial charge in [-0.1, -0.05) is 6.92 Å². The first kappa shape index (κ1) is 10.5. The summed E-state index contributed by atoms with van der Waals surface area (Å²) < 4.78 is 1.49. The van der Waals surface area contributed by atoms with Gasteiger partial charge in [-0.05, 0) is 25.5 Å². The molecule has 4 nitrogen and oxygen atoms in total. The summed E-state index contributed by atoms with van der Waals surface area (Å²) in [5.41, 5.74) is 0.213. The van der Waals surface area contributed by atoms with Crippen molar-refractivity contribution in [1.82, 2.24) is 4.57 Å². The van der Waals surface area contributed by atoms with Crippen molar-refractivity contribution in [3.05, 3.63) is 33.7 Å². The maximum atomic E-state index is 11.6. The number of aromatic nitrogens is 1. The Morgan fingerprint density at radius 1 is 1.50 bits per heavy atom. The van der Waals surface area contributed by atoms with Gasteiger partial charge in [0.15, 0.2) is 0 Å². The van der Waals surface area contributed by atoms with Crippen molar-refractivity contribution >= 4 is 5.97 Å². The van der Waals surface area contributed by atoms with Gasteiger partial charge < -0.3 is 9.67 Å². The van der Waals surface area contributed by atoms with E-state index in [1.54, 1.807) is 13.0 Å². The van der Waals surface area contributed by atoms with Gasteiger partial charge in [-0.3, -0.25) is 4.79 Å². The van der Waals surface area contributed by atoms with E-state index in [2.05, 4.69) is 0 Å². The molecule has 0 aliphatic carbocycles. The van der Waals surface area contributed by atoms with Crippen LogP contribution in [-0.4, -0.2) is 15.6 Å². The van der Waals surface area contributed by atoms with E-state index < -0.39 is 11.5 Å². The fourth-order valence-electron chi connectivity index (χ4n) is 1.34. The Bertz CT molecular complexity index is 406. The van der Waals surface area contributed by atoms with Gasteiger partial charge in [0.2, 0.25) is 0 Å². The fourth-order valence-corrected chi connectivity index (χ4v) is 1.34. The summed E-state index contributed by atoms with van der Waals surface area (Å²) in [7, 11) is 0. The van der Waals surface area contributed by atoms with Crippen LogP contribution in [0.1, 0.15) is 29.4 Å². The summed E-state index contributed by atoms with van der Waals surface area (Å²) in [6.45, 7) is 4.30.